The molecule has 2 aliphatic heterocycles. The van der Waals surface area contributed by atoms with Gasteiger partial charge >= 0.3 is 0 Å². The van der Waals surface area contributed by atoms with Gasteiger partial charge in [-0.05, 0) is 12.2 Å². The first-order chi connectivity index (χ1) is 7.38. The average molecular weight is 246 g/mol. The third-order valence-electron chi connectivity index (χ3n) is 2.75. The Morgan fingerprint density at radius 1 is 1.20 bits per heavy atom. The SMILES string of the molecule is O=C(C1CSCCN1)N1CCCSCC1. The number of thioether (sulfide) groups is 2. The number of rotatable bonds is 1. The molecule has 0 aromatic carbocycles. The fourth-order valence-corrected chi connectivity index (χ4v) is 3.72. The molecule has 2 rings (SSSR count). The predicted molar refractivity (Wildman–Crippen MR) is 67.6 cm³/mol. The predicted octanol–water partition coefficient (Wildman–Crippen LogP) is 0.657. The van der Waals surface area contributed by atoms with E-state index in [1.807, 2.05) is 28.4 Å². The van der Waals surface area contributed by atoms with E-state index in [4.69, 9.17) is 0 Å². The minimum Gasteiger partial charge on any atom is -0.340 e. The standard InChI is InChI=1S/C10H18N2OS2/c13-10(9-8-15-6-2-11-9)12-3-1-5-14-7-4-12/h9,11H,1-8H2. The number of hydrogen-bond donors (Lipinski definition) is 1. The molecule has 0 saturated carbocycles. The molecule has 5 heteroatoms. The van der Waals surface area contributed by atoms with E-state index < -0.39 is 0 Å². The van der Waals surface area contributed by atoms with E-state index in [0.29, 0.717) is 5.91 Å². The highest BCUT2D eigenvalue weighted by Gasteiger charge is 2.26. The summed E-state index contributed by atoms with van der Waals surface area (Å²) in [5, 5.41) is 3.32. The molecule has 0 aromatic heterocycles. The van der Waals surface area contributed by atoms with Gasteiger partial charge in [-0.25, -0.2) is 0 Å². The zero-order valence-electron chi connectivity index (χ0n) is 8.91. The molecule has 3 nitrogen and oxygen atoms in total. The normalized spacial score (nSPS) is 28.5. The van der Waals surface area contributed by atoms with E-state index in [0.717, 1.165) is 43.3 Å². The molecule has 1 unspecified atom stereocenters. The summed E-state index contributed by atoms with van der Waals surface area (Å²) < 4.78 is 0. The molecular formula is C10H18N2OS2. The van der Waals surface area contributed by atoms with Gasteiger partial charge in [0.2, 0.25) is 5.91 Å². The summed E-state index contributed by atoms with van der Waals surface area (Å²) >= 11 is 3.85. The monoisotopic (exact) mass is 246 g/mol. The lowest BCUT2D eigenvalue weighted by atomic mass is 10.2. The van der Waals surface area contributed by atoms with Crippen molar-refractivity contribution in [3.8, 4) is 0 Å². The fourth-order valence-electron chi connectivity index (χ4n) is 1.91. The lowest BCUT2D eigenvalue weighted by Gasteiger charge is -2.28. The smallest absolute Gasteiger partial charge is 0.240 e. The summed E-state index contributed by atoms with van der Waals surface area (Å²) in [5.74, 6) is 4.72. The van der Waals surface area contributed by atoms with Crippen LogP contribution < -0.4 is 5.32 Å². The quantitative estimate of drug-likeness (QED) is 0.736. The van der Waals surface area contributed by atoms with Crippen LogP contribution in [0.2, 0.25) is 0 Å². The van der Waals surface area contributed by atoms with Crippen molar-refractivity contribution in [2.75, 3.05) is 42.6 Å². The Bertz CT molecular complexity index is 211. The number of carbonyl (C=O) groups excluding carboxylic acids is 1. The zero-order chi connectivity index (χ0) is 10.5. The lowest BCUT2D eigenvalue weighted by molar-refractivity contribution is -0.132. The van der Waals surface area contributed by atoms with Crippen LogP contribution in [-0.4, -0.2) is 59.5 Å². The van der Waals surface area contributed by atoms with Crippen molar-refractivity contribution in [3.05, 3.63) is 0 Å². The Hall–Kier alpha value is 0.130. The van der Waals surface area contributed by atoms with Crippen LogP contribution in [0.4, 0.5) is 0 Å². The zero-order valence-corrected chi connectivity index (χ0v) is 10.5. The highest BCUT2D eigenvalue weighted by atomic mass is 32.2. The summed E-state index contributed by atoms with van der Waals surface area (Å²) in [7, 11) is 0. The molecule has 2 fully saturated rings. The highest BCUT2D eigenvalue weighted by Crippen LogP contribution is 2.14. The summed E-state index contributed by atoms with van der Waals surface area (Å²) in [6.45, 7) is 2.87. The molecule has 0 spiro atoms. The largest absolute Gasteiger partial charge is 0.340 e. The van der Waals surface area contributed by atoms with Crippen LogP contribution in [0.25, 0.3) is 0 Å². The number of carbonyl (C=O) groups is 1. The molecule has 0 radical (unpaired) electrons. The summed E-state index contributed by atoms with van der Waals surface area (Å²) in [6.07, 6.45) is 1.15. The maximum atomic E-state index is 12.1. The third kappa shape index (κ3) is 3.29. The minimum atomic E-state index is 0.0758. The molecule has 1 amide bonds. The number of amides is 1. The highest BCUT2D eigenvalue weighted by molar-refractivity contribution is 7.99. The third-order valence-corrected chi connectivity index (χ3v) is 4.86. The first-order valence-electron chi connectivity index (χ1n) is 5.55. The first-order valence-corrected chi connectivity index (χ1v) is 7.86. The molecule has 2 heterocycles. The Morgan fingerprint density at radius 2 is 2.13 bits per heavy atom. The van der Waals surface area contributed by atoms with Crippen molar-refractivity contribution < 1.29 is 4.79 Å². The van der Waals surface area contributed by atoms with Gasteiger partial charge in [0.15, 0.2) is 0 Å². The van der Waals surface area contributed by atoms with Crippen molar-refractivity contribution in [1.82, 2.24) is 10.2 Å². The van der Waals surface area contributed by atoms with E-state index in [9.17, 15) is 4.79 Å². The van der Waals surface area contributed by atoms with E-state index in [1.165, 1.54) is 5.75 Å². The lowest BCUT2D eigenvalue weighted by Crippen LogP contribution is -2.51. The Balaban J connectivity index is 1.87. The van der Waals surface area contributed by atoms with Crippen LogP contribution in [0.3, 0.4) is 0 Å². The summed E-state index contributed by atoms with van der Waals surface area (Å²) in [6, 6.07) is 0.0758. The van der Waals surface area contributed by atoms with Gasteiger partial charge in [-0.2, -0.15) is 23.5 Å². The molecule has 86 valence electrons. The molecule has 15 heavy (non-hydrogen) atoms. The topological polar surface area (TPSA) is 32.3 Å². The number of hydrogen-bond acceptors (Lipinski definition) is 4. The van der Waals surface area contributed by atoms with Crippen LogP contribution in [0.1, 0.15) is 6.42 Å². The molecule has 0 aromatic rings. The molecular weight excluding hydrogens is 228 g/mol. The Labute approximate surface area is 99.7 Å². The molecule has 2 saturated heterocycles. The van der Waals surface area contributed by atoms with Gasteiger partial charge in [0.25, 0.3) is 0 Å². The van der Waals surface area contributed by atoms with Gasteiger partial charge in [0, 0.05) is 36.9 Å². The molecule has 1 N–H and O–H groups in total. The van der Waals surface area contributed by atoms with Crippen LogP contribution in [0.5, 0.6) is 0 Å². The van der Waals surface area contributed by atoms with Crippen molar-refractivity contribution in [2.45, 2.75) is 12.5 Å². The molecule has 0 bridgehead atoms. The van der Waals surface area contributed by atoms with Gasteiger partial charge in [0.05, 0.1) is 6.04 Å². The van der Waals surface area contributed by atoms with Crippen LogP contribution in [-0.2, 0) is 4.79 Å². The number of nitrogens with one attached hydrogen (secondary N) is 1. The van der Waals surface area contributed by atoms with Crippen molar-refractivity contribution >= 4 is 29.4 Å². The maximum absolute atomic E-state index is 12.1. The second-order valence-electron chi connectivity index (χ2n) is 3.87. The molecule has 2 aliphatic rings. The van der Waals surface area contributed by atoms with Gasteiger partial charge in [-0.1, -0.05) is 0 Å². The Morgan fingerprint density at radius 3 is 2.93 bits per heavy atom. The number of nitrogens with zero attached hydrogens (tertiary/aromatic N) is 1. The van der Waals surface area contributed by atoms with Gasteiger partial charge in [-0.3, -0.25) is 4.79 Å². The van der Waals surface area contributed by atoms with Crippen LogP contribution in [0, 0.1) is 0 Å². The van der Waals surface area contributed by atoms with Crippen molar-refractivity contribution in [1.29, 1.82) is 0 Å². The van der Waals surface area contributed by atoms with Gasteiger partial charge < -0.3 is 10.2 Å². The van der Waals surface area contributed by atoms with Gasteiger partial charge in [-0.15, -0.1) is 0 Å². The minimum absolute atomic E-state index is 0.0758. The average Bonchev–Trinajstić information content (AvgIpc) is 2.58. The van der Waals surface area contributed by atoms with Crippen LogP contribution >= 0.6 is 23.5 Å². The second kappa shape index (κ2) is 6.01. The first kappa shape index (κ1) is 11.6. The van der Waals surface area contributed by atoms with Crippen molar-refractivity contribution in [3.63, 3.8) is 0 Å². The van der Waals surface area contributed by atoms with Crippen LogP contribution in [0.15, 0.2) is 0 Å². The van der Waals surface area contributed by atoms with Gasteiger partial charge in [0.1, 0.15) is 0 Å². The van der Waals surface area contributed by atoms with E-state index >= 15 is 0 Å². The van der Waals surface area contributed by atoms with E-state index in [1.54, 1.807) is 0 Å². The second-order valence-corrected chi connectivity index (χ2v) is 6.25. The van der Waals surface area contributed by atoms with Crippen molar-refractivity contribution in [2.24, 2.45) is 0 Å². The fraction of sp³-hybridized carbons (Fsp3) is 0.900. The van der Waals surface area contributed by atoms with E-state index in [2.05, 4.69) is 5.32 Å². The Kier molecular flexibility index (Phi) is 4.65. The molecule has 1 atom stereocenters. The maximum Gasteiger partial charge on any atom is 0.240 e. The summed E-state index contributed by atoms with van der Waals surface area (Å²) in [5.41, 5.74) is 0. The van der Waals surface area contributed by atoms with E-state index in [-0.39, 0.29) is 6.04 Å². The molecule has 0 aliphatic carbocycles. The summed E-state index contributed by atoms with van der Waals surface area (Å²) in [4.78, 5) is 14.2.